The van der Waals surface area contributed by atoms with E-state index in [2.05, 4.69) is 16.6 Å². The third-order valence-corrected chi connectivity index (χ3v) is 4.61. The molecule has 0 aliphatic carbocycles. The van der Waals surface area contributed by atoms with Crippen LogP contribution >= 0.6 is 11.3 Å². The van der Waals surface area contributed by atoms with E-state index in [4.69, 9.17) is 5.11 Å². The number of hydrogen-bond acceptors (Lipinski definition) is 4. The molecule has 0 saturated heterocycles. The molecule has 0 aromatic carbocycles. The molecule has 6 heteroatoms. The summed E-state index contributed by atoms with van der Waals surface area (Å²) < 4.78 is 25.8. The molecule has 18 heavy (non-hydrogen) atoms. The summed E-state index contributed by atoms with van der Waals surface area (Å²) in [5, 5.41) is 10.4. The normalized spacial score (nSPS) is 11.3. The Hall–Kier alpha value is -0.870. The van der Waals surface area contributed by atoms with Crippen LogP contribution in [0.1, 0.15) is 24.3 Å². The van der Waals surface area contributed by atoms with Crippen molar-refractivity contribution in [3.63, 3.8) is 0 Å². The second-order valence-electron chi connectivity index (χ2n) is 4.26. The fraction of sp³-hybridized carbons (Fsp3) is 0.500. The minimum atomic E-state index is -3.21. The van der Waals surface area contributed by atoms with Gasteiger partial charge in [-0.25, -0.2) is 13.1 Å². The van der Waals surface area contributed by atoms with Gasteiger partial charge in [-0.2, -0.15) is 0 Å². The lowest BCUT2D eigenvalue weighted by atomic mass is 10.3. The van der Waals surface area contributed by atoms with E-state index in [-0.39, 0.29) is 18.3 Å². The Labute approximate surface area is 112 Å². The Bertz CT molecular complexity index is 535. The van der Waals surface area contributed by atoms with Crippen LogP contribution in [-0.4, -0.2) is 25.9 Å². The zero-order valence-electron chi connectivity index (χ0n) is 10.4. The third-order valence-electron chi connectivity index (χ3n) is 1.98. The quantitative estimate of drug-likeness (QED) is 0.799. The number of aliphatic hydroxyl groups is 1. The van der Waals surface area contributed by atoms with Crippen LogP contribution in [0, 0.1) is 17.8 Å². The molecule has 0 atom stereocenters. The first-order chi connectivity index (χ1) is 8.43. The van der Waals surface area contributed by atoms with Crippen LogP contribution < -0.4 is 4.72 Å². The van der Waals surface area contributed by atoms with E-state index in [0.29, 0.717) is 6.54 Å². The lowest BCUT2D eigenvalue weighted by Gasteiger charge is -2.07. The van der Waals surface area contributed by atoms with Crippen molar-refractivity contribution in [1.82, 2.24) is 4.72 Å². The topological polar surface area (TPSA) is 66.4 Å². The van der Waals surface area contributed by atoms with Crippen molar-refractivity contribution in [3.8, 4) is 11.8 Å². The Morgan fingerprint density at radius 1 is 1.50 bits per heavy atom. The average Bonchev–Trinajstić information content (AvgIpc) is 2.70. The molecular formula is C12H17NO3S2. The predicted octanol–water partition coefficient (Wildman–Crippen LogP) is 1.17. The van der Waals surface area contributed by atoms with Crippen LogP contribution in [0.4, 0.5) is 0 Å². The van der Waals surface area contributed by atoms with Crippen LogP contribution in [0.3, 0.4) is 0 Å². The van der Waals surface area contributed by atoms with Crippen molar-refractivity contribution < 1.29 is 13.5 Å². The molecule has 100 valence electrons. The van der Waals surface area contributed by atoms with Crippen molar-refractivity contribution in [2.45, 2.75) is 20.4 Å². The van der Waals surface area contributed by atoms with Crippen LogP contribution in [0.5, 0.6) is 0 Å². The van der Waals surface area contributed by atoms with Crippen molar-refractivity contribution in [1.29, 1.82) is 0 Å². The van der Waals surface area contributed by atoms with Crippen LogP contribution in [-0.2, 0) is 16.6 Å². The maximum absolute atomic E-state index is 11.6. The van der Waals surface area contributed by atoms with Gasteiger partial charge in [-0.05, 0) is 12.0 Å². The van der Waals surface area contributed by atoms with E-state index in [1.54, 1.807) is 0 Å². The summed E-state index contributed by atoms with van der Waals surface area (Å²) >= 11 is 1.45. The van der Waals surface area contributed by atoms with Crippen molar-refractivity contribution in [2.24, 2.45) is 5.92 Å². The van der Waals surface area contributed by atoms with Gasteiger partial charge in [0.25, 0.3) is 0 Å². The zero-order valence-corrected chi connectivity index (χ0v) is 12.1. The van der Waals surface area contributed by atoms with Crippen LogP contribution in [0.2, 0.25) is 0 Å². The summed E-state index contributed by atoms with van der Waals surface area (Å²) in [7, 11) is -3.21. The standard InChI is InChI=1S/C12H17NO3S2/c1-10(2)9-18(15,16)13-7-12-6-11(8-17-12)4-3-5-14/h6,8,10,13-14H,5,7,9H2,1-2H3. The third kappa shape index (κ3) is 5.65. The fourth-order valence-corrected chi connectivity index (χ4v) is 3.58. The number of sulfonamides is 1. The summed E-state index contributed by atoms with van der Waals surface area (Å²) in [6.07, 6.45) is 0. The van der Waals surface area contributed by atoms with E-state index < -0.39 is 10.0 Å². The predicted molar refractivity (Wildman–Crippen MR) is 73.7 cm³/mol. The monoisotopic (exact) mass is 287 g/mol. The van der Waals surface area contributed by atoms with E-state index in [0.717, 1.165) is 10.4 Å². The first kappa shape index (κ1) is 15.2. The van der Waals surface area contributed by atoms with Gasteiger partial charge in [0.05, 0.1) is 5.75 Å². The summed E-state index contributed by atoms with van der Waals surface area (Å²) in [6, 6.07) is 1.82. The maximum Gasteiger partial charge on any atom is 0.212 e. The molecule has 1 heterocycles. The number of nitrogens with one attached hydrogen (secondary N) is 1. The average molecular weight is 287 g/mol. The van der Waals surface area contributed by atoms with Gasteiger partial charge in [-0.1, -0.05) is 25.7 Å². The number of aliphatic hydroxyl groups excluding tert-OH is 1. The number of rotatable bonds is 5. The molecule has 0 bridgehead atoms. The fourth-order valence-electron chi connectivity index (χ4n) is 1.36. The molecule has 4 nitrogen and oxygen atoms in total. The van der Waals surface area contributed by atoms with Crippen molar-refractivity contribution in [3.05, 3.63) is 21.9 Å². The molecule has 0 radical (unpaired) electrons. The van der Waals surface area contributed by atoms with Gasteiger partial charge in [0.15, 0.2) is 0 Å². The molecular weight excluding hydrogens is 270 g/mol. The summed E-state index contributed by atoms with van der Waals surface area (Å²) in [5.74, 6) is 5.57. The number of hydrogen-bond donors (Lipinski definition) is 2. The second-order valence-corrected chi connectivity index (χ2v) is 7.11. The molecule has 0 unspecified atom stereocenters. The molecule has 1 aromatic rings. The molecule has 1 rings (SSSR count). The van der Waals surface area contributed by atoms with Crippen molar-refractivity contribution in [2.75, 3.05) is 12.4 Å². The van der Waals surface area contributed by atoms with Gasteiger partial charge in [0, 0.05) is 22.4 Å². The largest absolute Gasteiger partial charge is 0.384 e. The van der Waals surface area contributed by atoms with Crippen molar-refractivity contribution >= 4 is 21.4 Å². The highest BCUT2D eigenvalue weighted by atomic mass is 32.2. The Kier molecular flexibility index (Phi) is 5.82. The minimum absolute atomic E-state index is 0.108. The zero-order chi connectivity index (χ0) is 13.6. The molecule has 0 aliphatic heterocycles. The smallest absolute Gasteiger partial charge is 0.212 e. The van der Waals surface area contributed by atoms with Crippen LogP contribution in [0.25, 0.3) is 0 Å². The summed E-state index contributed by atoms with van der Waals surface area (Å²) in [4.78, 5) is 0.907. The van der Waals surface area contributed by atoms with Gasteiger partial charge in [-0.3, -0.25) is 0 Å². The summed E-state index contributed by atoms with van der Waals surface area (Å²) in [5.41, 5.74) is 0.798. The highest BCUT2D eigenvalue weighted by Gasteiger charge is 2.12. The first-order valence-electron chi connectivity index (χ1n) is 5.57. The highest BCUT2D eigenvalue weighted by Crippen LogP contribution is 2.14. The van der Waals surface area contributed by atoms with Gasteiger partial charge in [0.1, 0.15) is 6.61 Å². The minimum Gasteiger partial charge on any atom is -0.384 e. The van der Waals surface area contributed by atoms with E-state index >= 15 is 0 Å². The molecule has 0 spiro atoms. The van der Waals surface area contributed by atoms with Gasteiger partial charge >= 0.3 is 0 Å². The molecule has 0 fully saturated rings. The molecule has 0 amide bonds. The first-order valence-corrected chi connectivity index (χ1v) is 8.10. The summed E-state index contributed by atoms with van der Waals surface area (Å²) in [6.45, 7) is 3.85. The highest BCUT2D eigenvalue weighted by molar-refractivity contribution is 7.89. The maximum atomic E-state index is 11.6. The molecule has 0 aliphatic rings. The number of thiophene rings is 1. The molecule has 0 saturated carbocycles. The van der Waals surface area contributed by atoms with E-state index in [1.165, 1.54) is 11.3 Å². The van der Waals surface area contributed by atoms with E-state index in [1.807, 2.05) is 25.3 Å². The Balaban J connectivity index is 2.56. The van der Waals surface area contributed by atoms with Gasteiger partial charge in [-0.15, -0.1) is 11.3 Å². The van der Waals surface area contributed by atoms with Gasteiger partial charge < -0.3 is 5.11 Å². The van der Waals surface area contributed by atoms with Crippen LogP contribution in [0.15, 0.2) is 11.4 Å². The molecule has 2 N–H and O–H groups in total. The Morgan fingerprint density at radius 3 is 2.83 bits per heavy atom. The lowest BCUT2D eigenvalue weighted by molar-refractivity contribution is 0.350. The SMILES string of the molecule is CC(C)CS(=O)(=O)NCc1cc(C#CCO)cs1. The molecule has 1 aromatic heterocycles. The van der Waals surface area contributed by atoms with Gasteiger partial charge in [0.2, 0.25) is 10.0 Å². The second kappa shape index (κ2) is 6.90. The lowest BCUT2D eigenvalue weighted by Crippen LogP contribution is -2.27. The Morgan fingerprint density at radius 2 is 2.22 bits per heavy atom. The van der Waals surface area contributed by atoms with E-state index in [9.17, 15) is 8.42 Å².